The number of nitrogens with zero attached hydrogens (tertiary/aromatic N) is 2. The van der Waals surface area contributed by atoms with Gasteiger partial charge in [-0.15, -0.1) is 17.5 Å². The first-order valence-electron chi connectivity index (χ1n) is 9.06. The van der Waals surface area contributed by atoms with E-state index < -0.39 is 11.6 Å². The molecule has 0 saturated carbocycles. The molecule has 0 bridgehead atoms. The molecule has 0 spiro atoms. The fraction of sp³-hybridized carbons (Fsp3) is 0.556. The zero-order valence-corrected chi connectivity index (χ0v) is 16.1. The van der Waals surface area contributed by atoms with Gasteiger partial charge in [-0.1, -0.05) is 0 Å². The van der Waals surface area contributed by atoms with Gasteiger partial charge in [-0.2, -0.15) is 0 Å². The molecular weight excluding hydrogens is 375 g/mol. The van der Waals surface area contributed by atoms with Gasteiger partial charge in [0.25, 0.3) is 0 Å². The van der Waals surface area contributed by atoms with Crippen molar-refractivity contribution in [2.24, 2.45) is 5.92 Å². The standard InChI is InChI=1S/C18H23FN4O3.ClH/c1-10-9-23(11(2)12-3-5-20-6-4-12)15-8-13(7-14(19)16(15)25-10)17-21-22-18(24)26-17;/h7-8,10-12,20H,3-6,9H2,1-2H3,(H,22,24);1H/t10-,11?;/m0./s1. The third-order valence-electron chi connectivity index (χ3n) is 5.35. The Morgan fingerprint density at radius 2 is 2.07 bits per heavy atom. The average molecular weight is 399 g/mol. The number of aromatic nitrogens is 2. The molecule has 0 radical (unpaired) electrons. The number of hydrogen-bond acceptors (Lipinski definition) is 6. The summed E-state index contributed by atoms with van der Waals surface area (Å²) in [4.78, 5) is 13.5. The van der Waals surface area contributed by atoms with Crippen LogP contribution in [-0.4, -0.2) is 42.0 Å². The van der Waals surface area contributed by atoms with Crippen LogP contribution in [-0.2, 0) is 0 Å². The van der Waals surface area contributed by atoms with Crippen molar-refractivity contribution in [3.8, 4) is 17.2 Å². The highest BCUT2D eigenvalue weighted by atomic mass is 35.5. The Morgan fingerprint density at radius 3 is 2.74 bits per heavy atom. The van der Waals surface area contributed by atoms with E-state index in [-0.39, 0.29) is 36.2 Å². The van der Waals surface area contributed by atoms with Gasteiger partial charge in [-0.3, -0.25) is 0 Å². The topological polar surface area (TPSA) is 83.4 Å². The van der Waals surface area contributed by atoms with Crippen LogP contribution >= 0.6 is 12.4 Å². The van der Waals surface area contributed by atoms with Crippen molar-refractivity contribution in [3.05, 3.63) is 28.5 Å². The van der Waals surface area contributed by atoms with E-state index in [1.54, 1.807) is 6.07 Å². The van der Waals surface area contributed by atoms with Gasteiger partial charge in [0.15, 0.2) is 11.6 Å². The quantitative estimate of drug-likeness (QED) is 0.826. The normalized spacial score (nSPS) is 21.1. The molecule has 0 amide bonds. The molecule has 1 aromatic carbocycles. The van der Waals surface area contributed by atoms with Crippen LogP contribution < -0.4 is 20.7 Å². The number of hydrogen-bond donors (Lipinski definition) is 2. The van der Waals surface area contributed by atoms with Gasteiger partial charge < -0.3 is 19.4 Å². The minimum atomic E-state index is -0.664. The monoisotopic (exact) mass is 398 g/mol. The summed E-state index contributed by atoms with van der Waals surface area (Å²) in [7, 11) is 0. The van der Waals surface area contributed by atoms with Crippen LogP contribution in [0.15, 0.2) is 21.3 Å². The maximum atomic E-state index is 14.8. The lowest BCUT2D eigenvalue weighted by Crippen LogP contribution is -2.48. The number of rotatable bonds is 3. The van der Waals surface area contributed by atoms with Gasteiger partial charge in [0.2, 0.25) is 5.89 Å². The number of aromatic amines is 1. The third-order valence-corrected chi connectivity index (χ3v) is 5.35. The lowest BCUT2D eigenvalue weighted by molar-refractivity contribution is 0.189. The first kappa shape index (κ1) is 19.7. The summed E-state index contributed by atoms with van der Waals surface area (Å²) in [5.41, 5.74) is 1.11. The van der Waals surface area contributed by atoms with Crippen molar-refractivity contribution >= 4 is 18.1 Å². The highest BCUT2D eigenvalue weighted by molar-refractivity contribution is 5.85. The third kappa shape index (κ3) is 3.82. The summed E-state index contributed by atoms with van der Waals surface area (Å²) in [6.07, 6.45) is 2.09. The molecule has 1 saturated heterocycles. The number of halogens is 2. The van der Waals surface area contributed by atoms with Gasteiger partial charge in [0, 0.05) is 11.6 Å². The molecule has 1 fully saturated rings. The fourth-order valence-corrected chi connectivity index (χ4v) is 3.97. The number of nitrogens with one attached hydrogen (secondary N) is 2. The van der Waals surface area contributed by atoms with Crippen LogP contribution in [0, 0.1) is 11.7 Å². The maximum Gasteiger partial charge on any atom is 0.434 e. The second-order valence-electron chi connectivity index (χ2n) is 7.13. The first-order valence-corrected chi connectivity index (χ1v) is 9.06. The molecule has 0 aliphatic carbocycles. The van der Waals surface area contributed by atoms with Crippen molar-refractivity contribution in [3.63, 3.8) is 0 Å². The SMILES string of the molecule is CC(C1CCNCC1)N1C[C@H](C)Oc2c(F)cc(-c3n[nH]c(=O)o3)cc21.Cl. The Labute approximate surface area is 162 Å². The Balaban J connectivity index is 0.00000210. The minimum Gasteiger partial charge on any atom is -0.484 e. The van der Waals surface area contributed by atoms with Gasteiger partial charge in [-0.25, -0.2) is 14.3 Å². The largest absolute Gasteiger partial charge is 0.484 e. The van der Waals surface area contributed by atoms with Crippen LogP contribution in [0.4, 0.5) is 10.1 Å². The fourth-order valence-electron chi connectivity index (χ4n) is 3.97. The molecule has 148 valence electrons. The Hall–Kier alpha value is -2.06. The predicted molar refractivity (Wildman–Crippen MR) is 102 cm³/mol. The molecule has 2 aliphatic rings. The van der Waals surface area contributed by atoms with Crippen LogP contribution in [0.5, 0.6) is 5.75 Å². The summed E-state index contributed by atoms with van der Waals surface area (Å²) in [5, 5.41) is 9.41. The second kappa shape index (κ2) is 7.90. The average Bonchev–Trinajstić information content (AvgIpc) is 3.08. The Bertz CT molecular complexity index is 849. The molecule has 27 heavy (non-hydrogen) atoms. The van der Waals surface area contributed by atoms with Crippen LogP contribution in [0.3, 0.4) is 0 Å². The van der Waals surface area contributed by atoms with E-state index in [0.29, 0.717) is 23.7 Å². The number of benzene rings is 1. The van der Waals surface area contributed by atoms with Crippen molar-refractivity contribution in [1.29, 1.82) is 0 Å². The number of anilines is 1. The van der Waals surface area contributed by atoms with E-state index in [1.807, 2.05) is 6.92 Å². The van der Waals surface area contributed by atoms with Crippen molar-refractivity contribution < 1.29 is 13.5 Å². The first-order chi connectivity index (χ1) is 12.5. The van der Waals surface area contributed by atoms with Crippen LogP contribution in [0.25, 0.3) is 11.5 Å². The number of H-pyrrole nitrogens is 1. The molecule has 2 atom stereocenters. The molecular formula is C18H24ClFN4O3. The van der Waals surface area contributed by atoms with E-state index >= 15 is 0 Å². The lowest BCUT2D eigenvalue weighted by Gasteiger charge is -2.43. The summed E-state index contributed by atoms with van der Waals surface area (Å²) in [6.45, 7) is 6.84. The molecule has 1 aromatic heterocycles. The predicted octanol–water partition coefficient (Wildman–Crippen LogP) is 2.57. The summed E-state index contributed by atoms with van der Waals surface area (Å²) in [6, 6.07) is 3.34. The van der Waals surface area contributed by atoms with Crippen molar-refractivity contribution in [2.75, 3.05) is 24.5 Å². The Kier molecular flexibility index (Phi) is 5.76. The zero-order chi connectivity index (χ0) is 18.3. The molecule has 9 heteroatoms. The molecule has 3 heterocycles. The van der Waals surface area contributed by atoms with E-state index in [2.05, 4.69) is 27.3 Å². The molecule has 1 unspecified atom stereocenters. The smallest absolute Gasteiger partial charge is 0.434 e. The summed E-state index contributed by atoms with van der Waals surface area (Å²) < 4.78 is 25.5. The molecule has 2 aromatic rings. The summed E-state index contributed by atoms with van der Waals surface area (Å²) >= 11 is 0. The molecule has 2 N–H and O–H groups in total. The second-order valence-corrected chi connectivity index (χ2v) is 7.13. The van der Waals surface area contributed by atoms with Crippen LogP contribution in [0.1, 0.15) is 26.7 Å². The van der Waals surface area contributed by atoms with E-state index in [0.717, 1.165) is 25.9 Å². The zero-order valence-electron chi connectivity index (χ0n) is 15.3. The van der Waals surface area contributed by atoms with Crippen LogP contribution in [0.2, 0.25) is 0 Å². The van der Waals surface area contributed by atoms with E-state index in [4.69, 9.17) is 9.15 Å². The molecule has 7 nitrogen and oxygen atoms in total. The minimum absolute atomic E-state index is 0. The van der Waals surface area contributed by atoms with Crippen molar-refractivity contribution in [2.45, 2.75) is 38.8 Å². The van der Waals surface area contributed by atoms with E-state index in [1.165, 1.54) is 6.07 Å². The number of ether oxygens (including phenoxy) is 1. The highest BCUT2D eigenvalue weighted by Crippen LogP contribution is 2.41. The molecule has 4 rings (SSSR count). The van der Waals surface area contributed by atoms with Gasteiger partial charge in [0.1, 0.15) is 6.10 Å². The van der Waals surface area contributed by atoms with Gasteiger partial charge in [0.05, 0.1) is 12.2 Å². The molecule has 2 aliphatic heterocycles. The number of fused-ring (bicyclic) bond motifs is 1. The van der Waals surface area contributed by atoms with Crippen molar-refractivity contribution in [1.82, 2.24) is 15.5 Å². The summed E-state index contributed by atoms with van der Waals surface area (Å²) in [5.74, 6) is -0.277. The lowest BCUT2D eigenvalue weighted by atomic mass is 9.89. The maximum absolute atomic E-state index is 14.8. The van der Waals surface area contributed by atoms with Gasteiger partial charge >= 0.3 is 5.76 Å². The highest BCUT2D eigenvalue weighted by Gasteiger charge is 2.33. The van der Waals surface area contributed by atoms with E-state index in [9.17, 15) is 9.18 Å². The number of piperidine rings is 1. The Morgan fingerprint density at radius 1 is 1.33 bits per heavy atom. The van der Waals surface area contributed by atoms with Gasteiger partial charge in [-0.05, 0) is 57.8 Å².